The van der Waals surface area contributed by atoms with E-state index < -0.39 is 6.04 Å². The van der Waals surface area contributed by atoms with Gasteiger partial charge in [-0.15, -0.1) is 0 Å². The average Bonchev–Trinajstić information content (AvgIpc) is 2.49. The highest BCUT2D eigenvalue weighted by Crippen LogP contribution is 2.07. The van der Waals surface area contributed by atoms with Gasteiger partial charge >= 0.3 is 0 Å². The van der Waals surface area contributed by atoms with Crippen molar-refractivity contribution in [3.63, 3.8) is 0 Å². The molecule has 0 spiro atoms. The van der Waals surface area contributed by atoms with Gasteiger partial charge in [0.05, 0.1) is 0 Å². The summed E-state index contributed by atoms with van der Waals surface area (Å²) in [4.78, 5) is 24.5. The largest absolute Gasteiger partial charge is 0.354 e. The molecule has 0 aliphatic rings. The predicted molar refractivity (Wildman–Crippen MR) is 89.8 cm³/mol. The molecule has 0 aliphatic carbocycles. The monoisotopic (exact) mass is 304 g/mol. The molecule has 0 saturated carbocycles. The third-order valence-corrected chi connectivity index (χ3v) is 3.63. The maximum absolute atomic E-state index is 12.3. The predicted octanol–water partition coefficient (Wildman–Crippen LogP) is 3.06. The van der Waals surface area contributed by atoms with Crippen LogP contribution in [0.3, 0.4) is 0 Å². The van der Waals surface area contributed by atoms with E-state index in [0.717, 1.165) is 24.8 Å². The van der Waals surface area contributed by atoms with E-state index in [4.69, 9.17) is 0 Å². The number of carbonyl (C=O) groups excluding carboxylic acids is 2. The zero-order valence-corrected chi connectivity index (χ0v) is 14.1. The molecule has 0 saturated heterocycles. The van der Waals surface area contributed by atoms with E-state index in [1.165, 1.54) is 0 Å². The Labute approximate surface area is 133 Å². The van der Waals surface area contributed by atoms with Crippen LogP contribution in [0.2, 0.25) is 0 Å². The van der Waals surface area contributed by atoms with Crippen LogP contribution in [0.1, 0.15) is 56.0 Å². The fraction of sp³-hybridized carbons (Fsp3) is 0.556. The maximum Gasteiger partial charge on any atom is 0.251 e. The second kappa shape index (κ2) is 9.23. The highest BCUT2D eigenvalue weighted by molar-refractivity contribution is 5.97. The van der Waals surface area contributed by atoms with Gasteiger partial charge in [-0.05, 0) is 31.4 Å². The summed E-state index contributed by atoms with van der Waals surface area (Å²) in [5.41, 5.74) is 1.68. The Morgan fingerprint density at radius 3 is 2.27 bits per heavy atom. The highest BCUT2D eigenvalue weighted by Gasteiger charge is 2.24. The molecule has 0 heterocycles. The Balaban J connectivity index is 2.61. The van der Waals surface area contributed by atoms with Crippen LogP contribution in [0, 0.1) is 12.8 Å². The Bertz CT molecular complexity index is 480. The summed E-state index contributed by atoms with van der Waals surface area (Å²) in [5.74, 6) is -0.269. The van der Waals surface area contributed by atoms with Crippen molar-refractivity contribution in [3.8, 4) is 0 Å². The van der Waals surface area contributed by atoms with E-state index in [-0.39, 0.29) is 17.7 Å². The first-order chi connectivity index (χ1) is 10.5. The molecule has 0 fully saturated rings. The van der Waals surface area contributed by atoms with Crippen LogP contribution in [0.5, 0.6) is 0 Å². The van der Waals surface area contributed by atoms with E-state index in [9.17, 15) is 9.59 Å². The van der Waals surface area contributed by atoms with Gasteiger partial charge in [0.25, 0.3) is 5.91 Å². The molecule has 1 atom stereocenters. The van der Waals surface area contributed by atoms with Crippen molar-refractivity contribution in [1.29, 1.82) is 0 Å². The number of aryl methyl sites for hydroxylation is 1. The molecule has 2 amide bonds. The number of hydrogen-bond donors (Lipinski definition) is 2. The van der Waals surface area contributed by atoms with Crippen molar-refractivity contribution in [3.05, 3.63) is 35.4 Å². The van der Waals surface area contributed by atoms with Crippen molar-refractivity contribution in [2.75, 3.05) is 6.54 Å². The summed E-state index contributed by atoms with van der Waals surface area (Å²) >= 11 is 0. The van der Waals surface area contributed by atoms with E-state index in [1.54, 1.807) is 12.1 Å². The molecular weight excluding hydrogens is 276 g/mol. The molecule has 1 aromatic carbocycles. The fourth-order valence-corrected chi connectivity index (χ4v) is 2.16. The van der Waals surface area contributed by atoms with E-state index in [2.05, 4.69) is 17.6 Å². The van der Waals surface area contributed by atoms with E-state index in [1.807, 2.05) is 32.9 Å². The summed E-state index contributed by atoms with van der Waals surface area (Å²) in [6, 6.07) is 6.84. The molecule has 122 valence electrons. The second-order valence-corrected chi connectivity index (χ2v) is 6.06. The van der Waals surface area contributed by atoms with Crippen LogP contribution in [-0.4, -0.2) is 24.4 Å². The number of nitrogens with one attached hydrogen (secondary N) is 2. The van der Waals surface area contributed by atoms with Gasteiger partial charge in [-0.3, -0.25) is 9.59 Å². The molecule has 22 heavy (non-hydrogen) atoms. The van der Waals surface area contributed by atoms with Gasteiger partial charge in [-0.2, -0.15) is 0 Å². The Hall–Kier alpha value is -1.84. The summed E-state index contributed by atoms with van der Waals surface area (Å²) in [5, 5.41) is 5.75. The number of amides is 2. The number of rotatable bonds is 8. The minimum Gasteiger partial charge on any atom is -0.354 e. The highest BCUT2D eigenvalue weighted by atomic mass is 16.2. The summed E-state index contributed by atoms with van der Waals surface area (Å²) < 4.78 is 0. The van der Waals surface area contributed by atoms with Gasteiger partial charge < -0.3 is 10.6 Å². The lowest BCUT2D eigenvalue weighted by Gasteiger charge is -2.21. The third-order valence-electron chi connectivity index (χ3n) is 3.63. The minimum atomic E-state index is -0.504. The first-order valence-corrected chi connectivity index (χ1v) is 8.11. The first kappa shape index (κ1) is 18.2. The first-order valence-electron chi connectivity index (χ1n) is 8.11. The summed E-state index contributed by atoms with van der Waals surface area (Å²) in [7, 11) is 0. The van der Waals surface area contributed by atoms with Gasteiger partial charge in [0.2, 0.25) is 5.91 Å². The quantitative estimate of drug-likeness (QED) is 0.725. The Morgan fingerprint density at radius 2 is 1.73 bits per heavy atom. The van der Waals surface area contributed by atoms with Crippen molar-refractivity contribution in [1.82, 2.24) is 10.6 Å². The standard InChI is InChI=1S/C18H28N2O2/c1-5-6-7-12-19-18(22)16(13(2)3)20-17(21)15-10-8-14(4)9-11-15/h8-11,13,16H,5-7,12H2,1-4H3,(H,19,22)(H,20,21). The van der Waals surface area contributed by atoms with Gasteiger partial charge in [0, 0.05) is 12.1 Å². The molecule has 2 N–H and O–H groups in total. The SMILES string of the molecule is CCCCCNC(=O)C(NC(=O)c1ccc(C)cc1)C(C)C. The Kier molecular flexibility index (Phi) is 7.64. The van der Waals surface area contributed by atoms with E-state index in [0.29, 0.717) is 12.1 Å². The minimum absolute atomic E-state index is 0.0422. The molecule has 0 bridgehead atoms. The average molecular weight is 304 g/mol. The smallest absolute Gasteiger partial charge is 0.251 e. The van der Waals surface area contributed by atoms with Crippen molar-refractivity contribution in [2.24, 2.45) is 5.92 Å². The van der Waals surface area contributed by atoms with Gasteiger partial charge in [0.1, 0.15) is 6.04 Å². The van der Waals surface area contributed by atoms with Crippen LogP contribution in [0.25, 0.3) is 0 Å². The van der Waals surface area contributed by atoms with Crippen molar-refractivity contribution >= 4 is 11.8 Å². The van der Waals surface area contributed by atoms with Crippen molar-refractivity contribution < 1.29 is 9.59 Å². The zero-order valence-electron chi connectivity index (χ0n) is 14.1. The number of carbonyl (C=O) groups is 2. The number of hydrogen-bond acceptors (Lipinski definition) is 2. The van der Waals surface area contributed by atoms with Gasteiger partial charge in [-0.1, -0.05) is 51.3 Å². The molecule has 1 aromatic rings. The normalized spacial score (nSPS) is 12.0. The van der Waals surface area contributed by atoms with Crippen LogP contribution < -0.4 is 10.6 Å². The topological polar surface area (TPSA) is 58.2 Å². The molecule has 0 aliphatic heterocycles. The Morgan fingerprint density at radius 1 is 1.09 bits per heavy atom. The van der Waals surface area contributed by atoms with E-state index >= 15 is 0 Å². The van der Waals surface area contributed by atoms with Crippen LogP contribution in [-0.2, 0) is 4.79 Å². The molecule has 1 rings (SSSR count). The second-order valence-electron chi connectivity index (χ2n) is 6.06. The van der Waals surface area contributed by atoms with Crippen molar-refractivity contribution in [2.45, 2.75) is 53.0 Å². The van der Waals surface area contributed by atoms with Gasteiger partial charge in [0.15, 0.2) is 0 Å². The lowest BCUT2D eigenvalue weighted by atomic mass is 10.0. The number of unbranched alkanes of at least 4 members (excludes halogenated alkanes) is 2. The number of benzene rings is 1. The summed E-state index contributed by atoms with van der Waals surface area (Å²) in [6.07, 6.45) is 3.19. The summed E-state index contributed by atoms with van der Waals surface area (Å²) in [6.45, 7) is 8.64. The molecule has 4 nitrogen and oxygen atoms in total. The molecule has 0 aromatic heterocycles. The van der Waals surface area contributed by atoms with Crippen LogP contribution in [0.4, 0.5) is 0 Å². The molecular formula is C18H28N2O2. The molecule has 0 radical (unpaired) electrons. The fourth-order valence-electron chi connectivity index (χ4n) is 2.16. The maximum atomic E-state index is 12.3. The lowest BCUT2D eigenvalue weighted by molar-refractivity contribution is -0.123. The molecule has 1 unspecified atom stereocenters. The van der Waals surface area contributed by atoms with Gasteiger partial charge in [-0.25, -0.2) is 0 Å². The van der Waals surface area contributed by atoms with Crippen LogP contribution >= 0.6 is 0 Å². The zero-order chi connectivity index (χ0) is 16.5. The molecule has 4 heteroatoms. The lowest BCUT2D eigenvalue weighted by Crippen LogP contribution is -2.49. The van der Waals surface area contributed by atoms with Crippen LogP contribution in [0.15, 0.2) is 24.3 Å². The third kappa shape index (κ3) is 5.88.